The van der Waals surface area contributed by atoms with Crippen LogP contribution in [0.4, 0.5) is 0 Å². The van der Waals surface area contributed by atoms with Crippen molar-refractivity contribution in [2.45, 2.75) is 6.04 Å². The van der Waals surface area contributed by atoms with Crippen LogP contribution in [0.3, 0.4) is 0 Å². The topological polar surface area (TPSA) is 113 Å². The molecule has 1 saturated heterocycles. The van der Waals surface area contributed by atoms with Crippen LogP contribution in [0.25, 0.3) is 0 Å². The van der Waals surface area contributed by atoms with Crippen molar-refractivity contribution < 1.29 is 24.2 Å². The molecule has 142 valence electrons. The molecular formula is C16H22N4O5S. The standard InChI is InChI=1S/C16H22N4O5S/c1-4-26-14(17-2)13-18-7-10(16(23)24-3)11(19-13)8-20-5-6-25-9-12(20)15(21)22/h4,12H,1,5-9H2,2-3H3,(H,18,19)(H,21,22). The van der Waals surface area contributed by atoms with E-state index < -0.39 is 18.0 Å². The lowest BCUT2D eigenvalue weighted by molar-refractivity contribution is -0.149. The van der Waals surface area contributed by atoms with Gasteiger partial charge in [-0.1, -0.05) is 18.3 Å². The number of hydrogen-bond donors (Lipinski definition) is 2. The fourth-order valence-electron chi connectivity index (χ4n) is 2.63. The summed E-state index contributed by atoms with van der Waals surface area (Å²) in [6.07, 6.45) is 0. The molecule has 0 saturated carbocycles. The minimum Gasteiger partial charge on any atom is -0.480 e. The summed E-state index contributed by atoms with van der Waals surface area (Å²) >= 11 is 1.31. The number of ether oxygens (including phenoxy) is 2. The largest absolute Gasteiger partial charge is 0.480 e. The predicted molar refractivity (Wildman–Crippen MR) is 99.4 cm³/mol. The second-order valence-electron chi connectivity index (χ2n) is 5.45. The maximum atomic E-state index is 12.1. The fourth-order valence-corrected chi connectivity index (χ4v) is 3.12. The molecule has 0 spiro atoms. The summed E-state index contributed by atoms with van der Waals surface area (Å²) in [5.41, 5.74) is 0.923. The van der Waals surface area contributed by atoms with Gasteiger partial charge < -0.3 is 19.9 Å². The number of amidine groups is 1. The SMILES string of the molecule is C=CSC(=NC)C1=NCC(C(=O)OC)=C(CN2CCOCC2C(=O)O)N1. The molecule has 0 aliphatic carbocycles. The number of rotatable bonds is 6. The number of morpholine rings is 1. The molecule has 2 rings (SSSR count). The first kappa shape index (κ1) is 20.1. The quantitative estimate of drug-likeness (QED) is 0.378. The molecule has 10 heteroatoms. The number of carboxylic acid groups (broad SMARTS) is 1. The first-order valence-corrected chi connectivity index (χ1v) is 8.80. The number of aliphatic imine (C=N–C) groups is 2. The lowest BCUT2D eigenvalue weighted by Gasteiger charge is -2.34. The summed E-state index contributed by atoms with van der Waals surface area (Å²) in [4.78, 5) is 33.9. The van der Waals surface area contributed by atoms with E-state index in [1.807, 2.05) is 0 Å². The van der Waals surface area contributed by atoms with Crippen LogP contribution in [-0.4, -0.2) is 85.9 Å². The van der Waals surface area contributed by atoms with Crippen LogP contribution in [0.15, 0.2) is 33.2 Å². The maximum Gasteiger partial charge on any atom is 0.337 e. The summed E-state index contributed by atoms with van der Waals surface area (Å²) in [5.74, 6) is -0.949. The third-order valence-corrected chi connectivity index (χ3v) is 4.71. The fraction of sp³-hybridized carbons (Fsp3) is 0.500. The summed E-state index contributed by atoms with van der Waals surface area (Å²) in [6, 6.07) is -0.777. The van der Waals surface area contributed by atoms with E-state index >= 15 is 0 Å². The molecule has 2 aliphatic rings. The molecule has 0 radical (unpaired) electrons. The highest BCUT2D eigenvalue weighted by Crippen LogP contribution is 2.17. The zero-order valence-corrected chi connectivity index (χ0v) is 15.5. The number of hydrogen-bond acceptors (Lipinski definition) is 9. The molecule has 2 heterocycles. The Morgan fingerprint density at radius 2 is 2.38 bits per heavy atom. The number of esters is 1. The Kier molecular flexibility index (Phi) is 7.37. The first-order chi connectivity index (χ1) is 12.5. The molecule has 1 fully saturated rings. The van der Waals surface area contributed by atoms with Gasteiger partial charge in [0.05, 0.1) is 32.4 Å². The summed E-state index contributed by atoms with van der Waals surface area (Å²) in [5, 5.41) is 14.8. The van der Waals surface area contributed by atoms with E-state index in [2.05, 4.69) is 21.9 Å². The average Bonchev–Trinajstić information content (AvgIpc) is 2.65. The number of nitrogens with zero attached hydrogens (tertiary/aromatic N) is 3. The highest BCUT2D eigenvalue weighted by Gasteiger charge is 2.32. The average molecular weight is 382 g/mol. The van der Waals surface area contributed by atoms with Crippen LogP contribution < -0.4 is 5.32 Å². The van der Waals surface area contributed by atoms with Crippen molar-refractivity contribution >= 4 is 34.6 Å². The monoisotopic (exact) mass is 382 g/mol. The van der Waals surface area contributed by atoms with E-state index in [0.717, 1.165) is 0 Å². The van der Waals surface area contributed by atoms with E-state index in [1.54, 1.807) is 17.4 Å². The van der Waals surface area contributed by atoms with E-state index in [9.17, 15) is 14.7 Å². The molecule has 0 amide bonds. The molecule has 2 N–H and O–H groups in total. The molecule has 1 unspecified atom stereocenters. The molecule has 9 nitrogen and oxygen atoms in total. The van der Waals surface area contributed by atoms with E-state index in [-0.39, 0.29) is 19.7 Å². The van der Waals surface area contributed by atoms with Crippen LogP contribution in [0.5, 0.6) is 0 Å². The van der Waals surface area contributed by atoms with Gasteiger partial charge in [0.25, 0.3) is 0 Å². The molecule has 0 aromatic heterocycles. The Morgan fingerprint density at radius 1 is 1.62 bits per heavy atom. The third-order valence-electron chi connectivity index (χ3n) is 3.95. The van der Waals surface area contributed by atoms with Crippen LogP contribution in [0.1, 0.15) is 0 Å². The molecule has 2 aliphatic heterocycles. The van der Waals surface area contributed by atoms with Gasteiger partial charge in [-0.25, -0.2) is 4.79 Å². The van der Waals surface area contributed by atoms with Gasteiger partial charge >= 0.3 is 11.9 Å². The van der Waals surface area contributed by atoms with Gasteiger partial charge in [-0.15, -0.1) is 0 Å². The number of thioether (sulfide) groups is 1. The van der Waals surface area contributed by atoms with Crippen molar-refractivity contribution in [3.05, 3.63) is 23.3 Å². The number of aliphatic carboxylic acids is 1. The third kappa shape index (κ3) is 4.71. The lowest BCUT2D eigenvalue weighted by atomic mass is 10.1. The van der Waals surface area contributed by atoms with Crippen molar-refractivity contribution in [1.29, 1.82) is 0 Å². The van der Waals surface area contributed by atoms with Crippen LogP contribution in [0, 0.1) is 0 Å². The molecular weight excluding hydrogens is 360 g/mol. The normalized spacial score (nSPS) is 21.7. The van der Waals surface area contributed by atoms with Crippen molar-refractivity contribution in [2.24, 2.45) is 9.98 Å². The number of carboxylic acids is 1. The Hall–Kier alpha value is -2.17. The highest BCUT2D eigenvalue weighted by molar-refractivity contribution is 8.18. The summed E-state index contributed by atoms with van der Waals surface area (Å²) in [6.45, 7) is 5.01. The Bertz CT molecular complexity index is 674. The number of methoxy groups -OCH3 is 1. The summed E-state index contributed by atoms with van der Waals surface area (Å²) < 4.78 is 10.1. The molecule has 1 atom stereocenters. The molecule has 0 bridgehead atoms. The van der Waals surface area contributed by atoms with E-state index in [4.69, 9.17) is 9.47 Å². The number of carbonyl (C=O) groups excluding carboxylic acids is 1. The highest BCUT2D eigenvalue weighted by atomic mass is 32.2. The second kappa shape index (κ2) is 9.51. The smallest absolute Gasteiger partial charge is 0.337 e. The van der Waals surface area contributed by atoms with Crippen LogP contribution >= 0.6 is 11.8 Å². The van der Waals surface area contributed by atoms with Crippen LogP contribution in [0.2, 0.25) is 0 Å². The van der Waals surface area contributed by atoms with Gasteiger partial charge in [0.1, 0.15) is 11.1 Å². The van der Waals surface area contributed by atoms with Crippen molar-refractivity contribution in [3.8, 4) is 0 Å². The molecule has 0 aromatic rings. The molecule has 0 aromatic carbocycles. The van der Waals surface area contributed by atoms with Crippen LogP contribution in [-0.2, 0) is 19.1 Å². The van der Waals surface area contributed by atoms with Gasteiger partial charge in [0.2, 0.25) is 0 Å². The van der Waals surface area contributed by atoms with E-state index in [0.29, 0.717) is 35.3 Å². The molecule has 26 heavy (non-hydrogen) atoms. The number of nitrogens with one attached hydrogen (secondary N) is 1. The van der Waals surface area contributed by atoms with Crippen molar-refractivity contribution in [2.75, 3.05) is 47.0 Å². The lowest BCUT2D eigenvalue weighted by Crippen LogP contribution is -2.52. The second-order valence-corrected chi connectivity index (χ2v) is 6.41. The Morgan fingerprint density at radius 3 is 3.00 bits per heavy atom. The minimum absolute atomic E-state index is 0.102. The number of carbonyl (C=O) groups is 2. The predicted octanol–water partition coefficient (Wildman–Crippen LogP) is 0.106. The van der Waals surface area contributed by atoms with Crippen molar-refractivity contribution in [1.82, 2.24) is 10.2 Å². The van der Waals surface area contributed by atoms with Crippen molar-refractivity contribution in [3.63, 3.8) is 0 Å². The van der Waals surface area contributed by atoms with Gasteiger partial charge in [-0.05, 0) is 5.41 Å². The zero-order chi connectivity index (χ0) is 19.1. The van der Waals surface area contributed by atoms with Gasteiger partial charge in [0, 0.05) is 25.8 Å². The zero-order valence-electron chi connectivity index (χ0n) is 14.7. The van der Waals surface area contributed by atoms with Gasteiger partial charge in [-0.3, -0.25) is 19.7 Å². The van der Waals surface area contributed by atoms with E-state index in [1.165, 1.54) is 18.9 Å². The van der Waals surface area contributed by atoms with Gasteiger partial charge in [0.15, 0.2) is 5.84 Å². The summed E-state index contributed by atoms with van der Waals surface area (Å²) in [7, 11) is 2.94. The Labute approximate surface area is 155 Å². The van der Waals surface area contributed by atoms with Gasteiger partial charge in [-0.2, -0.15) is 0 Å². The Balaban J connectivity index is 2.26. The minimum atomic E-state index is -0.965. The first-order valence-electron chi connectivity index (χ1n) is 7.92. The maximum absolute atomic E-state index is 12.1.